The van der Waals surface area contributed by atoms with Gasteiger partial charge in [-0.15, -0.1) is 0 Å². The van der Waals surface area contributed by atoms with Gasteiger partial charge in [-0.3, -0.25) is 0 Å². The first-order valence-corrected chi connectivity index (χ1v) is 9.55. The van der Waals surface area contributed by atoms with Crippen LogP contribution in [0.5, 0.6) is 0 Å². The summed E-state index contributed by atoms with van der Waals surface area (Å²) in [5.41, 5.74) is 6.55. The summed E-state index contributed by atoms with van der Waals surface area (Å²) in [6, 6.07) is 21.6. The molecule has 4 rings (SSSR count). The highest BCUT2D eigenvalue weighted by molar-refractivity contribution is 6.50. The monoisotopic (exact) mass is 402 g/mol. The molecule has 0 bridgehead atoms. The molecule has 0 unspecified atom stereocenters. The molecule has 1 aromatic heterocycles. The first kappa shape index (κ1) is 21.1. The second kappa shape index (κ2) is 8.01. The van der Waals surface area contributed by atoms with Crippen molar-refractivity contribution in [2.75, 3.05) is 0 Å². The van der Waals surface area contributed by atoms with E-state index in [2.05, 4.69) is 81.4 Å². The highest BCUT2D eigenvalue weighted by atomic mass is 19.5. The lowest BCUT2D eigenvalue weighted by Crippen LogP contribution is -2.14. The minimum atomic E-state index is -6.00. The quantitative estimate of drug-likeness (QED) is 0.232. The second-order valence-corrected chi connectivity index (χ2v) is 8.10. The summed E-state index contributed by atoms with van der Waals surface area (Å²) in [6.07, 6.45) is 2.11. The average molecular weight is 402 g/mol. The third-order valence-corrected chi connectivity index (χ3v) is 4.82. The molecular weight excluding hydrogens is 379 g/mol. The van der Waals surface area contributed by atoms with Crippen LogP contribution in [0.4, 0.5) is 17.3 Å². The van der Waals surface area contributed by atoms with Crippen LogP contribution in [0.25, 0.3) is 22.5 Å². The van der Waals surface area contributed by atoms with Crippen LogP contribution in [-0.4, -0.2) is 7.25 Å². The Kier molecular flexibility index (Phi) is 5.83. The lowest BCUT2D eigenvalue weighted by molar-refractivity contribution is 0.368. The number of hydrogen-bond donors (Lipinski definition) is 0. The molecule has 0 spiro atoms. The summed E-state index contributed by atoms with van der Waals surface area (Å²) >= 11 is 0. The maximum absolute atomic E-state index is 9.75. The third kappa shape index (κ3) is 5.25. The van der Waals surface area contributed by atoms with Crippen LogP contribution >= 0.6 is 0 Å². The van der Waals surface area contributed by atoms with Crippen LogP contribution in [0.15, 0.2) is 65.1 Å². The maximum Gasteiger partial charge on any atom is 0.673 e. The van der Waals surface area contributed by atoms with E-state index in [0.29, 0.717) is 0 Å². The van der Waals surface area contributed by atoms with Gasteiger partial charge in [0.2, 0.25) is 0 Å². The van der Waals surface area contributed by atoms with Crippen molar-refractivity contribution in [3.8, 4) is 22.5 Å². The van der Waals surface area contributed by atoms with E-state index in [4.69, 9.17) is 4.42 Å². The summed E-state index contributed by atoms with van der Waals surface area (Å²) in [5.74, 6) is 2.10. The first-order chi connectivity index (χ1) is 13.5. The number of benzene rings is 2. The predicted molar refractivity (Wildman–Crippen MR) is 110 cm³/mol. The number of aryl methyl sites for hydroxylation is 1. The molecule has 1 heterocycles. The van der Waals surface area contributed by atoms with E-state index >= 15 is 0 Å². The van der Waals surface area contributed by atoms with Gasteiger partial charge in [0.1, 0.15) is 0 Å². The van der Waals surface area contributed by atoms with Crippen LogP contribution in [-0.2, 0) is 18.3 Å². The van der Waals surface area contributed by atoms with Crippen LogP contribution in [0.3, 0.4) is 0 Å². The Morgan fingerprint density at radius 3 is 2.00 bits per heavy atom. The van der Waals surface area contributed by atoms with E-state index in [9.17, 15) is 17.3 Å². The SMILES string of the molecule is CC(C)(C)c1cc(-c2ccccc2)c2c([o+]1)-c1ccccc1CC2.F[B-](F)(F)F. The van der Waals surface area contributed by atoms with Crippen molar-refractivity contribution < 1.29 is 21.7 Å². The smallest absolute Gasteiger partial charge is 0.418 e. The van der Waals surface area contributed by atoms with Gasteiger partial charge in [0.15, 0.2) is 0 Å². The van der Waals surface area contributed by atoms with Crippen LogP contribution in [0.1, 0.15) is 37.7 Å². The lowest BCUT2D eigenvalue weighted by Gasteiger charge is -2.18. The highest BCUT2D eigenvalue weighted by Gasteiger charge is 2.35. The number of halogens is 4. The van der Waals surface area contributed by atoms with Crippen molar-refractivity contribution >= 4 is 7.25 Å². The molecule has 2 aromatic carbocycles. The van der Waals surface area contributed by atoms with Gasteiger partial charge in [-0.25, -0.2) is 4.42 Å². The van der Waals surface area contributed by atoms with Gasteiger partial charge in [0.25, 0.3) is 0 Å². The molecule has 0 amide bonds. The van der Waals surface area contributed by atoms with E-state index in [1.54, 1.807) is 0 Å². The fourth-order valence-corrected chi connectivity index (χ4v) is 3.47. The number of rotatable bonds is 1. The molecule has 0 saturated carbocycles. The van der Waals surface area contributed by atoms with Crippen LogP contribution in [0, 0.1) is 0 Å². The summed E-state index contributed by atoms with van der Waals surface area (Å²) in [7, 11) is -6.00. The molecule has 29 heavy (non-hydrogen) atoms. The normalized spacial score (nSPS) is 13.1. The van der Waals surface area contributed by atoms with Gasteiger partial charge in [-0.1, -0.05) is 48.5 Å². The molecule has 1 nitrogen and oxygen atoms in total. The van der Waals surface area contributed by atoms with E-state index in [1.165, 1.54) is 27.8 Å². The van der Waals surface area contributed by atoms with Gasteiger partial charge in [0.05, 0.1) is 16.5 Å². The Morgan fingerprint density at radius 1 is 0.793 bits per heavy atom. The van der Waals surface area contributed by atoms with Crippen molar-refractivity contribution in [3.05, 3.63) is 77.6 Å². The van der Waals surface area contributed by atoms with Crippen molar-refractivity contribution in [2.24, 2.45) is 0 Å². The predicted octanol–water partition coefficient (Wildman–Crippen LogP) is 7.59. The van der Waals surface area contributed by atoms with Gasteiger partial charge in [-0.05, 0) is 50.8 Å². The molecule has 0 radical (unpaired) electrons. The van der Waals surface area contributed by atoms with E-state index in [0.717, 1.165) is 24.4 Å². The molecule has 152 valence electrons. The summed E-state index contributed by atoms with van der Waals surface area (Å²) < 4.78 is 45.5. The van der Waals surface area contributed by atoms with E-state index < -0.39 is 7.25 Å². The summed E-state index contributed by atoms with van der Waals surface area (Å²) in [5, 5.41) is 0. The number of hydrogen-bond acceptors (Lipinski definition) is 0. The Labute approximate surface area is 168 Å². The molecule has 0 atom stereocenters. The second-order valence-electron chi connectivity index (χ2n) is 8.10. The van der Waals surface area contributed by atoms with Gasteiger partial charge in [0, 0.05) is 11.6 Å². The Morgan fingerprint density at radius 2 is 1.38 bits per heavy atom. The van der Waals surface area contributed by atoms with Crippen LogP contribution < -0.4 is 0 Å². The Bertz CT molecular complexity index is 969. The largest absolute Gasteiger partial charge is 0.673 e. The zero-order chi connectivity index (χ0) is 21.2. The maximum atomic E-state index is 9.75. The summed E-state index contributed by atoms with van der Waals surface area (Å²) in [4.78, 5) is 0. The molecule has 1 aliphatic carbocycles. The molecule has 0 saturated heterocycles. The zero-order valence-electron chi connectivity index (χ0n) is 16.7. The summed E-state index contributed by atoms with van der Waals surface area (Å²) in [6.45, 7) is 6.63. The lowest BCUT2D eigenvalue weighted by atomic mass is 9.83. The zero-order valence-corrected chi connectivity index (χ0v) is 16.7. The third-order valence-electron chi connectivity index (χ3n) is 4.82. The average Bonchev–Trinajstić information content (AvgIpc) is 2.65. The molecular formula is C23H23BF4O. The molecule has 3 aromatic rings. The molecule has 0 fully saturated rings. The van der Waals surface area contributed by atoms with E-state index in [1.807, 2.05) is 0 Å². The topological polar surface area (TPSA) is 11.3 Å². The van der Waals surface area contributed by atoms with E-state index in [-0.39, 0.29) is 5.41 Å². The van der Waals surface area contributed by atoms with Gasteiger partial charge < -0.3 is 17.3 Å². The van der Waals surface area contributed by atoms with Crippen molar-refractivity contribution in [3.63, 3.8) is 0 Å². The molecule has 0 N–H and O–H groups in total. The van der Waals surface area contributed by atoms with Crippen molar-refractivity contribution in [1.29, 1.82) is 0 Å². The highest BCUT2D eigenvalue weighted by Crippen LogP contribution is 2.41. The number of fused-ring (bicyclic) bond motifs is 3. The standard InChI is InChI=1S/C23H23O.BF4/c1-23(2,3)21-15-20(16-9-5-4-6-10-16)19-14-13-17-11-7-8-12-18(17)22(19)24-21;2-1(3,4)5/h4-12,15H,13-14H2,1-3H3;/q+1;-1. The van der Waals surface area contributed by atoms with Crippen LogP contribution in [0.2, 0.25) is 0 Å². The molecule has 1 aliphatic rings. The van der Waals surface area contributed by atoms with Crippen molar-refractivity contribution in [2.45, 2.75) is 39.0 Å². The first-order valence-electron chi connectivity index (χ1n) is 9.55. The fourth-order valence-electron chi connectivity index (χ4n) is 3.47. The Hall–Kier alpha value is -2.63. The minimum absolute atomic E-state index is 0.0229. The molecule has 6 heteroatoms. The minimum Gasteiger partial charge on any atom is -0.418 e. The molecule has 0 aliphatic heterocycles. The van der Waals surface area contributed by atoms with Crippen molar-refractivity contribution in [1.82, 2.24) is 0 Å². The Balaban J connectivity index is 0.000000431. The van der Waals surface area contributed by atoms with Gasteiger partial charge >= 0.3 is 18.8 Å². The fraction of sp³-hybridized carbons (Fsp3) is 0.261. The van der Waals surface area contributed by atoms with Gasteiger partial charge in [-0.2, -0.15) is 0 Å².